The van der Waals surface area contributed by atoms with Crippen LogP contribution in [-0.2, 0) is 11.0 Å². The van der Waals surface area contributed by atoms with E-state index in [2.05, 4.69) is 10.5 Å². The highest BCUT2D eigenvalue weighted by Gasteiger charge is 2.38. The van der Waals surface area contributed by atoms with Gasteiger partial charge in [0.15, 0.2) is 18.0 Å². The highest BCUT2D eigenvalue weighted by atomic mass is 19.4. The maximum Gasteiger partial charge on any atom is 0.419 e. The molecule has 0 amide bonds. The quantitative estimate of drug-likeness (QED) is 0.389. The van der Waals surface area contributed by atoms with E-state index in [1.54, 1.807) is 11.0 Å². The van der Waals surface area contributed by atoms with Crippen LogP contribution >= 0.6 is 0 Å². The molecule has 1 saturated carbocycles. The summed E-state index contributed by atoms with van der Waals surface area (Å²) in [5.74, 6) is 0.541. The molecule has 2 heterocycles. The van der Waals surface area contributed by atoms with Crippen LogP contribution in [0.1, 0.15) is 76.3 Å². The number of hydrogen-bond acceptors (Lipinski definition) is 5. The third-order valence-corrected chi connectivity index (χ3v) is 6.54. The zero-order valence-corrected chi connectivity index (χ0v) is 20.0. The molecule has 2 aliphatic heterocycles. The van der Waals surface area contributed by atoms with Gasteiger partial charge >= 0.3 is 6.18 Å². The van der Waals surface area contributed by atoms with E-state index in [0.29, 0.717) is 12.5 Å². The van der Waals surface area contributed by atoms with Crippen LogP contribution in [-0.4, -0.2) is 42.1 Å². The first-order valence-corrected chi connectivity index (χ1v) is 12.3. The highest BCUT2D eigenvalue weighted by molar-refractivity contribution is 5.99. The lowest BCUT2D eigenvalue weighted by molar-refractivity contribution is -0.139. The Bertz CT molecular complexity index is 856. The molecular formula is C24H36F3N5O2. The monoisotopic (exact) mass is 483 g/mol. The zero-order valence-electron chi connectivity index (χ0n) is 20.0. The summed E-state index contributed by atoms with van der Waals surface area (Å²) in [6.07, 6.45) is 3.05. The second kappa shape index (κ2) is 11.8. The van der Waals surface area contributed by atoms with Gasteiger partial charge in [-0.1, -0.05) is 46.0 Å². The average molecular weight is 484 g/mol. The largest absolute Gasteiger partial charge is 0.493 e. The second-order valence-corrected chi connectivity index (χ2v) is 8.73. The maximum atomic E-state index is 13.7. The van der Waals surface area contributed by atoms with Crippen LogP contribution in [0.15, 0.2) is 23.2 Å². The Balaban J connectivity index is 0.00000158. The zero-order chi connectivity index (χ0) is 24.7. The molecule has 1 aliphatic carbocycles. The lowest BCUT2D eigenvalue weighted by Crippen LogP contribution is -2.45. The van der Waals surface area contributed by atoms with Gasteiger partial charge in [-0.05, 0) is 43.4 Å². The van der Waals surface area contributed by atoms with Crippen molar-refractivity contribution < 1.29 is 22.7 Å². The summed E-state index contributed by atoms with van der Waals surface area (Å²) in [5.41, 5.74) is 7.72. The molecule has 0 aromatic heterocycles. The number of halogens is 3. The van der Waals surface area contributed by atoms with E-state index in [-0.39, 0.29) is 35.8 Å². The summed E-state index contributed by atoms with van der Waals surface area (Å²) in [6, 6.07) is 3.74. The third-order valence-electron chi connectivity index (χ3n) is 6.54. The number of aliphatic imine (C=N–C) groups is 1. The Labute approximate surface area is 199 Å². The Kier molecular flexibility index (Phi) is 9.04. The van der Waals surface area contributed by atoms with Gasteiger partial charge in [-0.25, -0.2) is 15.3 Å². The van der Waals surface area contributed by atoms with Gasteiger partial charge in [0.1, 0.15) is 5.75 Å². The maximum absolute atomic E-state index is 13.7. The van der Waals surface area contributed by atoms with Crippen LogP contribution in [0, 0.1) is 11.3 Å². The molecule has 34 heavy (non-hydrogen) atoms. The minimum absolute atomic E-state index is 0.0613. The third kappa shape index (κ3) is 6.34. The first kappa shape index (κ1) is 26.1. The summed E-state index contributed by atoms with van der Waals surface area (Å²) in [6.45, 7) is 4.91. The van der Waals surface area contributed by atoms with Gasteiger partial charge in [0.2, 0.25) is 0 Å². The molecule has 4 N–H and O–H groups in total. The van der Waals surface area contributed by atoms with Crippen molar-refractivity contribution in [3.63, 3.8) is 0 Å². The molecule has 3 aliphatic rings. The number of nitrogens with two attached hydrogens (primary N) is 1. The van der Waals surface area contributed by atoms with Gasteiger partial charge in [0.05, 0.1) is 18.2 Å². The molecule has 2 fully saturated rings. The van der Waals surface area contributed by atoms with Gasteiger partial charge in [-0.15, -0.1) is 0 Å². The Morgan fingerprint density at radius 2 is 1.94 bits per heavy atom. The Morgan fingerprint density at radius 1 is 1.21 bits per heavy atom. The lowest BCUT2D eigenvalue weighted by Gasteiger charge is -2.26. The van der Waals surface area contributed by atoms with E-state index in [9.17, 15) is 13.2 Å². The van der Waals surface area contributed by atoms with Crippen LogP contribution in [0.3, 0.4) is 0 Å². The summed E-state index contributed by atoms with van der Waals surface area (Å²) >= 11 is 0. The van der Waals surface area contributed by atoms with Crippen LogP contribution in [0.2, 0.25) is 0 Å². The number of rotatable bonds is 6. The molecule has 1 saturated heterocycles. The van der Waals surface area contributed by atoms with Crippen molar-refractivity contribution in [2.45, 2.75) is 83.7 Å². The molecule has 2 unspecified atom stereocenters. The minimum Gasteiger partial charge on any atom is -0.493 e. The normalized spacial score (nSPS) is 23.1. The number of hydroxylamine groups is 1. The van der Waals surface area contributed by atoms with E-state index in [4.69, 9.17) is 20.7 Å². The molecular weight excluding hydrogens is 447 g/mol. The average Bonchev–Trinajstić information content (AvgIpc) is 3.50. The molecule has 0 bridgehead atoms. The van der Waals surface area contributed by atoms with Crippen molar-refractivity contribution in [3.8, 4) is 5.75 Å². The van der Waals surface area contributed by atoms with Crippen LogP contribution < -0.4 is 16.0 Å². The van der Waals surface area contributed by atoms with E-state index >= 15 is 0 Å². The molecule has 1 aromatic carbocycles. The molecule has 0 radical (unpaired) electrons. The van der Waals surface area contributed by atoms with Gasteiger partial charge in [-0.2, -0.15) is 13.2 Å². The molecule has 1 aromatic rings. The standard InChI is InChI=1S/C22H30F3N5O2.C2H6/c23-22(24,25)16-13-15(8-9-18(16)31-12-10-14-5-2-1-3-6-14)19-28-20(32-29-19)17-7-4-11-30(17)21(26)27;1-2/h8-9,13-14,17,20H,1-7,10-12H2,(H3,26,27)(H,28,29);1-2H3. The first-order chi connectivity index (χ1) is 16.3. The molecule has 2 atom stereocenters. The van der Waals surface area contributed by atoms with Crippen molar-refractivity contribution in [2.24, 2.45) is 16.6 Å². The number of ether oxygens (including phenoxy) is 1. The number of nitrogens with zero attached hydrogens (tertiary/aromatic N) is 2. The van der Waals surface area contributed by atoms with E-state index in [1.165, 1.54) is 25.3 Å². The number of amidine groups is 1. The summed E-state index contributed by atoms with van der Waals surface area (Å²) < 4.78 is 46.8. The summed E-state index contributed by atoms with van der Waals surface area (Å²) in [4.78, 5) is 11.6. The number of benzene rings is 1. The summed E-state index contributed by atoms with van der Waals surface area (Å²) in [5, 5.41) is 7.68. The smallest absolute Gasteiger partial charge is 0.419 e. The Hall–Kier alpha value is -2.49. The van der Waals surface area contributed by atoms with Gasteiger partial charge in [0, 0.05) is 12.1 Å². The van der Waals surface area contributed by atoms with E-state index in [1.807, 2.05) is 13.8 Å². The fraction of sp³-hybridized carbons (Fsp3) is 0.667. The summed E-state index contributed by atoms with van der Waals surface area (Å²) in [7, 11) is 0. The number of likely N-dealkylation sites (tertiary alicyclic amines) is 1. The van der Waals surface area contributed by atoms with Crippen molar-refractivity contribution in [3.05, 3.63) is 29.3 Å². The SMILES string of the molecule is CC.N=C(N)N1CCCC1C1N=C(c2ccc(OCCC3CCCCC3)c(C(F)(F)F)c2)NO1. The first-order valence-electron chi connectivity index (χ1n) is 12.3. The van der Waals surface area contributed by atoms with Crippen LogP contribution in [0.5, 0.6) is 5.75 Å². The molecule has 7 nitrogen and oxygen atoms in total. The van der Waals surface area contributed by atoms with Crippen molar-refractivity contribution in [1.29, 1.82) is 5.41 Å². The van der Waals surface area contributed by atoms with E-state index < -0.39 is 18.0 Å². The molecule has 4 rings (SSSR count). The van der Waals surface area contributed by atoms with Crippen LogP contribution in [0.4, 0.5) is 13.2 Å². The number of guanidine groups is 1. The van der Waals surface area contributed by atoms with Crippen LogP contribution in [0.25, 0.3) is 0 Å². The van der Waals surface area contributed by atoms with Gasteiger partial charge in [0.25, 0.3) is 0 Å². The lowest BCUT2D eigenvalue weighted by atomic mass is 9.87. The van der Waals surface area contributed by atoms with Gasteiger partial charge in [-0.3, -0.25) is 5.41 Å². The van der Waals surface area contributed by atoms with E-state index in [0.717, 1.165) is 38.2 Å². The predicted octanol–water partition coefficient (Wildman–Crippen LogP) is 5.05. The predicted molar refractivity (Wildman–Crippen MR) is 126 cm³/mol. The molecule has 190 valence electrons. The Morgan fingerprint density at radius 3 is 2.62 bits per heavy atom. The number of alkyl halides is 3. The second-order valence-electron chi connectivity index (χ2n) is 8.73. The van der Waals surface area contributed by atoms with Crippen molar-refractivity contribution in [1.82, 2.24) is 10.4 Å². The minimum atomic E-state index is -4.55. The number of nitrogens with one attached hydrogen (secondary N) is 2. The topological polar surface area (TPSA) is 96.0 Å². The fourth-order valence-corrected chi connectivity index (χ4v) is 4.82. The molecule has 0 spiro atoms. The van der Waals surface area contributed by atoms with Crippen molar-refractivity contribution >= 4 is 11.8 Å². The van der Waals surface area contributed by atoms with Gasteiger partial charge < -0.3 is 15.4 Å². The van der Waals surface area contributed by atoms with Crippen molar-refractivity contribution in [2.75, 3.05) is 13.2 Å². The fourth-order valence-electron chi connectivity index (χ4n) is 4.82. The highest BCUT2D eigenvalue weighted by Crippen LogP contribution is 2.38. The number of hydrogen-bond donors (Lipinski definition) is 3. The molecule has 10 heteroatoms.